The zero-order valence-electron chi connectivity index (χ0n) is 23.8. The van der Waals surface area contributed by atoms with E-state index in [9.17, 15) is 9.59 Å². The molecule has 2 aromatic rings. The molecule has 2 rings (SSSR count). The van der Waals surface area contributed by atoms with Crippen molar-refractivity contribution in [2.24, 2.45) is 0 Å². The average Bonchev–Trinajstić information content (AvgIpc) is 2.92. The molecule has 0 fully saturated rings. The number of likely N-dealkylation sites (N-methyl/N-ethyl adjacent to an activating group) is 1. The van der Waals surface area contributed by atoms with E-state index in [4.69, 9.17) is 0 Å². The number of carbonyl (C=O) groups excluding carboxylic acids is 2. The van der Waals surface area contributed by atoms with Crippen molar-refractivity contribution in [1.82, 2.24) is 4.90 Å². The van der Waals surface area contributed by atoms with Gasteiger partial charge in [0.05, 0.1) is 5.92 Å². The van der Waals surface area contributed by atoms with Gasteiger partial charge in [0.2, 0.25) is 5.91 Å². The van der Waals surface area contributed by atoms with Crippen LogP contribution in [-0.2, 0) is 9.59 Å². The van der Waals surface area contributed by atoms with E-state index in [2.05, 4.69) is 13.5 Å². The van der Waals surface area contributed by atoms with Crippen molar-refractivity contribution < 1.29 is 9.59 Å². The molecule has 0 unspecified atom stereocenters. The Kier molecular flexibility index (Phi) is 18.7. The summed E-state index contributed by atoms with van der Waals surface area (Å²) in [5, 5.41) is 0. The molecule has 0 N–H and O–H groups in total. The lowest BCUT2D eigenvalue weighted by Gasteiger charge is -2.21. The number of amides is 1. The lowest BCUT2D eigenvalue weighted by molar-refractivity contribution is -0.129. The number of carbonyl (C=O) groups is 2. The molecule has 0 atom stereocenters. The van der Waals surface area contributed by atoms with Crippen LogP contribution in [0.3, 0.4) is 0 Å². The first-order chi connectivity index (χ1) is 18.0. The number of rotatable bonds is 18. The normalized spacial score (nSPS) is 10.5. The fourth-order valence-corrected chi connectivity index (χ4v) is 4.45. The Morgan fingerprint density at radius 3 is 1.41 bits per heavy atom. The number of nitrogens with zero attached hydrogens (tertiary/aromatic N) is 1. The minimum absolute atomic E-state index is 0.104. The number of unbranched alkanes of at least 4 members (excludes halogenated alkanes) is 12. The predicted octanol–water partition coefficient (Wildman–Crippen LogP) is 9.13. The highest BCUT2D eigenvalue weighted by molar-refractivity contribution is 5.89. The Morgan fingerprint density at radius 1 is 0.676 bits per heavy atom. The molecule has 0 radical (unpaired) electrons. The molecule has 37 heavy (non-hydrogen) atoms. The van der Waals surface area contributed by atoms with Crippen LogP contribution in [0.5, 0.6) is 0 Å². The number of allylic oxidation sites excluding steroid dienone is 1. The maximum absolute atomic E-state index is 12.4. The molecule has 0 spiro atoms. The SMILES string of the molecule is C=CC(=O)CCCCCCCCCCCCCCC.CN(C)C(=O)C(c1ccccc1)c1ccccc1. The Hall–Kier alpha value is -2.68. The summed E-state index contributed by atoms with van der Waals surface area (Å²) in [6.07, 6.45) is 19.7. The lowest BCUT2D eigenvalue weighted by atomic mass is 9.90. The van der Waals surface area contributed by atoms with Crippen LogP contribution < -0.4 is 0 Å². The van der Waals surface area contributed by atoms with E-state index in [1.807, 2.05) is 60.7 Å². The van der Waals surface area contributed by atoms with Gasteiger partial charge in [0, 0.05) is 20.5 Å². The maximum atomic E-state index is 12.4. The van der Waals surface area contributed by atoms with E-state index >= 15 is 0 Å². The molecule has 0 aliphatic rings. The average molecular weight is 506 g/mol. The summed E-state index contributed by atoms with van der Waals surface area (Å²) in [5.41, 5.74) is 2.06. The molecule has 0 saturated heterocycles. The van der Waals surface area contributed by atoms with E-state index in [-0.39, 0.29) is 17.6 Å². The molecule has 0 aromatic heterocycles. The minimum Gasteiger partial charge on any atom is -0.348 e. The summed E-state index contributed by atoms with van der Waals surface area (Å²) in [6.45, 7) is 5.76. The Morgan fingerprint density at radius 2 is 1.05 bits per heavy atom. The minimum atomic E-state index is -0.220. The Bertz CT molecular complexity index is 805. The van der Waals surface area contributed by atoms with Crippen LogP contribution in [0.1, 0.15) is 114 Å². The smallest absolute Gasteiger partial charge is 0.234 e. The molecule has 0 bridgehead atoms. The summed E-state index contributed by atoms with van der Waals surface area (Å²) in [6, 6.07) is 19.8. The third-order valence-corrected chi connectivity index (χ3v) is 6.71. The van der Waals surface area contributed by atoms with Crippen LogP contribution >= 0.6 is 0 Å². The summed E-state index contributed by atoms with van der Waals surface area (Å²) >= 11 is 0. The third kappa shape index (κ3) is 15.2. The quantitative estimate of drug-likeness (QED) is 0.150. The molecule has 1 amide bonds. The Balaban J connectivity index is 0.000000370. The van der Waals surface area contributed by atoms with Gasteiger partial charge in [-0.15, -0.1) is 0 Å². The van der Waals surface area contributed by atoms with Gasteiger partial charge in [-0.3, -0.25) is 9.59 Å². The van der Waals surface area contributed by atoms with Gasteiger partial charge in [-0.25, -0.2) is 0 Å². The van der Waals surface area contributed by atoms with Gasteiger partial charge in [-0.1, -0.05) is 151 Å². The maximum Gasteiger partial charge on any atom is 0.234 e. The zero-order chi connectivity index (χ0) is 27.1. The van der Waals surface area contributed by atoms with Gasteiger partial charge in [-0.2, -0.15) is 0 Å². The Labute approximate surface area is 227 Å². The molecule has 0 saturated carbocycles. The first-order valence-corrected chi connectivity index (χ1v) is 14.5. The van der Waals surface area contributed by atoms with Crippen LogP contribution in [0, 0.1) is 0 Å². The summed E-state index contributed by atoms with van der Waals surface area (Å²) in [5.74, 6) is 0.0814. The fraction of sp³-hybridized carbons (Fsp3) is 0.529. The van der Waals surface area contributed by atoms with Crippen molar-refractivity contribution in [2.45, 2.75) is 103 Å². The second-order valence-electron chi connectivity index (χ2n) is 10.2. The van der Waals surface area contributed by atoms with Crippen molar-refractivity contribution in [3.05, 3.63) is 84.4 Å². The highest BCUT2D eigenvalue weighted by atomic mass is 16.2. The topological polar surface area (TPSA) is 37.4 Å². The predicted molar refractivity (Wildman–Crippen MR) is 159 cm³/mol. The van der Waals surface area contributed by atoms with E-state index < -0.39 is 0 Å². The highest BCUT2D eigenvalue weighted by Crippen LogP contribution is 2.26. The second kappa shape index (κ2) is 21.4. The van der Waals surface area contributed by atoms with Crippen molar-refractivity contribution in [2.75, 3.05) is 14.1 Å². The molecule has 0 aliphatic carbocycles. The van der Waals surface area contributed by atoms with Crippen LogP contribution in [-0.4, -0.2) is 30.7 Å². The van der Waals surface area contributed by atoms with E-state index in [0.717, 1.165) is 17.5 Å². The van der Waals surface area contributed by atoms with Gasteiger partial charge in [0.25, 0.3) is 0 Å². The number of hydrogen-bond acceptors (Lipinski definition) is 2. The summed E-state index contributed by atoms with van der Waals surface area (Å²) in [4.78, 5) is 25.0. The number of ketones is 1. The molecule has 2 aromatic carbocycles. The molecule has 3 nitrogen and oxygen atoms in total. The standard InChI is InChI=1S/C18H34O.C16H17NO/c1-3-5-6-7-8-9-10-11-12-13-14-15-16-17-18(19)4-2;1-17(2)16(18)15(13-9-5-3-6-10-13)14-11-7-4-8-12-14/h4H,2-3,5-17H2,1H3;3-12,15H,1-2H3. The van der Waals surface area contributed by atoms with Gasteiger partial charge < -0.3 is 4.90 Å². The van der Waals surface area contributed by atoms with Crippen LogP contribution in [0.4, 0.5) is 0 Å². The van der Waals surface area contributed by atoms with Gasteiger partial charge in [0.1, 0.15) is 0 Å². The van der Waals surface area contributed by atoms with Gasteiger partial charge in [0.15, 0.2) is 5.78 Å². The van der Waals surface area contributed by atoms with Crippen molar-refractivity contribution in [3.8, 4) is 0 Å². The number of benzene rings is 2. The van der Waals surface area contributed by atoms with Crippen LogP contribution in [0.25, 0.3) is 0 Å². The number of hydrogen-bond donors (Lipinski definition) is 0. The monoisotopic (exact) mass is 505 g/mol. The molecular formula is C34H51NO2. The van der Waals surface area contributed by atoms with E-state index in [0.29, 0.717) is 6.42 Å². The molecule has 3 heteroatoms. The molecule has 0 aliphatic heterocycles. The lowest BCUT2D eigenvalue weighted by Crippen LogP contribution is -2.28. The van der Waals surface area contributed by atoms with Gasteiger partial charge >= 0.3 is 0 Å². The van der Waals surface area contributed by atoms with Crippen molar-refractivity contribution >= 4 is 11.7 Å². The molecular weight excluding hydrogens is 454 g/mol. The first-order valence-electron chi connectivity index (χ1n) is 14.5. The largest absolute Gasteiger partial charge is 0.348 e. The van der Waals surface area contributed by atoms with Crippen LogP contribution in [0.2, 0.25) is 0 Å². The van der Waals surface area contributed by atoms with Crippen molar-refractivity contribution in [1.29, 1.82) is 0 Å². The summed E-state index contributed by atoms with van der Waals surface area (Å²) < 4.78 is 0. The second-order valence-corrected chi connectivity index (χ2v) is 10.2. The van der Waals surface area contributed by atoms with Crippen LogP contribution in [0.15, 0.2) is 73.3 Å². The van der Waals surface area contributed by atoms with Crippen molar-refractivity contribution in [3.63, 3.8) is 0 Å². The zero-order valence-corrected chi connectivity index (χ0v) is 23.8. The molecule has 204 valence electrons. The van der Waals surface area contributed by atoms with E-state index in [1.54, 1.807) is 19.0 Å². The molecule has 0 heterocycles. The first kappa shape index (κ1) is 32.3. The van der Waals surface area contributed by atoms with Gasteiger partial charge in [-0.05, 0) is 23.6 Å². The highest BCUT2D eigenvalue weighted by Gasteiger charge is 2.23. The third-order valence-electron chi connectivity index (χ3n) is 6.71. The van der Waals surface area contributed by atoms with E-state index in [1.165, 1.54) is 83.1 Å². The summed E-state index contributed by atoms with van der Waals surface area (Å²) in [7, 11) is 3.59. The fourth-order valence-electron chi connectivity index (χ4n) is 4.45.